The summed E-state index contributed by atoms with van der Waals surface area (Å²) in [5, 5.41) is 7.89. The zero-order valence-corrected chi connectivity index (χ0v) is 14.5. The number of fused-ring (bicyclic) bond motifs is 1. The molecule has 2 heteroatoms. The lowest BCUT2D eigenvalue weighted by molar-refractivity contribution is 1.64. The van der Waals surface area contributed by atoms with E-state index in [9.17, 15) is 0 Å². The van der Waals surface area contributed by atoms with Crippen molar-refractivity contribution in [2.24, 2.45) is 0 Å². The van der Waals surface area contributed by atoms with Gasteiger partial charge >= 0.3 is 0 Å². The summed E-state index contributed by atoms with van der Waals surface area (Å²) in [6, 6.07) is 20.1. The van der Waals surface area contributed by atoms with Crippen LogP contribution in [0.5, 0.6) is 0 Å². The lowest BCUT2D eigenvalue weighted by Gasteiger charge is -2.18. The molecular formula is C18H21PSi. The van der Waals surface area contributed by atoms with Gasteiger partial charge in [0.1, 0.15) is 0 Å². The van der Waals surface area contributed by atoms with Gasteiger partial charge in [-0.25, -0.2) is 0 Å². The van der Waals surface area contributed by atoms with Crippen LogP contribution in [0.25, 0.3) is 15.8 Å². The molecule has 0 amide bonds. The maximum atomic E-state index is 2.46. The molecule has 0 bridgehead atoms. The van der Waals surface area contributed by atoms with E-state index in [2.05, 4.69) is 81.2 Å². The van der Waals surface area contributed by atoms with E-state index >= 15 is 0 Å². The first-order valence-electron chi connectivity index (χ1n) is 7.16. The van der Waals surface area contributed by atoms with Gasteiger partial charge in [-0.2, -0.15) is 0 Å². The molecule has 1 aromatic heterocycles. The predicted octanol–water partition coefficient (Wildman–Crippen LogP) is 5.67. The molecule has 1 heterocycles. The molecule has 102 valence electrons. The minimum atomic E-state index is -1.32. The fraction of sp³-hybridized carbons (Fsp3) is 0.222. The molecule has 0 fully saturated rings. The highest BCUT2D eigenvalue weighted by molar-refractivity contribution is 7.64. The Morgan fingerprint density at radius 1 is 0.800 bits per heavy atom. The molecule has 0 aliphatic heterocycles. The lowest BCUT2D eigenvalue weighted by Crippen LogP contribution is -2.38. The number of rotatable bonds is 2. The maximum absolute atomic E-state index is 2.46. The van der Waals surface area contributed by atoms with Gasteiger partial charge in [0.2, 0.25) is 0 Å². The Kier molecular flexibility index (Phi) is 3.36. The second kappa shape index (κ2) is 4.91. The zero-order chi connectivity index (χ0) is 14.3. The first-order valence-corrected chi connectivity index (χ1v) is 12.0. The Bertz CT molecular complexity index is 748. The van der Waals surface area contributed by atoms with Gasteiger partial charge < -0.3 is 0 Å². The first kappa shape index (κ1) is 13.7. The third kappa shape index (κ3) is 2.15. The van der Waals surface area contributed by atoms with Gasteiger partial charge in [-0.3, -0.25) is 0 Å². The van der Waals surface area contributed by atoms with E-state index in [4.69, 9.17) is 0 Å². The standard InChI is InChI=1S/C18H21PSi/c1-14-18(20(2,3)4)16-12-8-9-13-17(16)19(14)15-10-6-5-7-11-15/h5-13H,1-4H3. The van der Waals surface area contributed by atoms with E-state index in [0.29, 0.717) is 0 Å². The van der Waals surface area contributed by atoms with Crippen molar-refractivity contribution >= 4 is 31.3 Å². The number of hydrogen-bond donors (Lipinski definition) is 0. The summed E-state index contributed by atoms with van der Waals surface area (Å²) in [7, 11) is -1.62. The SMILES string of the molecule is Cc1c([Si](C)(C)C)c2ccccc2p1-c1ccccc1. The average molecular weight is 296 g/mol. The van der Waals surface area contributed by atoms with Gasteiger partial charge in [0.15, 0.2) is 0 Å². The number of benzene rings is 2. The van der Waals surface area contributed by atoms with Gasteiger partial charge in [-0.15, -0.1) is 0 Å². The molecular weight excluding hydrogens is 275 g/mol. The van der Waals surface area contributed by atoms with Crippen LogP contribution in [-0.4, -0.2) is 8.07 Å². The van der Waals surface area contributed by atoms with Crippen LogP contribution in [0.15, 0.2) is 54.6 Å². The van der Waals surface area contributed by atoms with E-state index in [1.165, 1.54) is 10.7 Å². The fourth-order valence-corrected chi connectivity index (χ4v) is 9.29. The highest BCUT2D eigenvalue weighted by Gasteiger charge is 2.26. The molecule has 0 N–H and O–H groups in total. The third-order valence-corrected chi connectivity index (χ3v) is 8.81. The molecule has 0 nitrogen and oxygen atoms in total. The average Bonchev–Trinajstić information content (AvgIpc) is 2.71. The van der Waals surface area contributed by atoms with E-state index in [1.54, 1.807) is 15.6 Å². The van der Waals surface area contributed by atoms with Gasteiger partial charge in [0, 0.05) is 5.12 Å². The smallest absolute Gasteiger partial charge is 0.0792 e. The largest absolute Gasteiger partial charge is 0.0824 e. The van der Waals surface area contributed by atoms with Crippen LogP contribution in [0.1, 0.15) is 5.30 Å². The topological polar surface area (TPSA) is 0 Å². The summed E-state index contributed by atoms with van der Waals surface area (Å²) < 4.78 is 0. The third-order valence-electron chi connectivity index (χ3n) is 3.88. The van der Waals surface area contributed by atoms with Crippen LogP contribution in [0.2, 0.25) is 19.6 Å². The molecule has 0 aliphatic rings. The van der Waals surface area contributed by atoms with Crippen LogP contribution < -0.4 is 5.19 Å². The van der Waals surface area contributed by atoms with Crippen LogP contribution in [-0.2, 0) is 0 Å². The molecule has 1 atom stereocenters. The van der Waals surface area contributed by atoms with Crippen molar-refractivity contribution in [3.8, 4) is 5.30 Å². The number of hydrogen-bond acceptors (Lipinski definition) is 0. The van der Waals surface area contributed by atoms with E-state index in [-0.39, 0.29) is 7.53 Å². The maximum Gasteiger partial charge on any atom is 0.0792 e. The quantitative estimate of drug-likeness (QED) is 0.534. The van der Waals surface area contributed by atoms with Crippen molar-refractivity contribution in [1.29, 1.82) is 0 Å². The van der Waals surface area contributed by atoms with Gasteiger partial charge in [-0.1, -0.05) is 81.8 Å². The van der Waals surface area contributed by atoms with Gasteiger partial charge in [0.25, 0.3) is 0 Å². The molecule has 0 spiro atoms. The molecule has 3 aromatic rings. The molecule has 0 saturated carbocycles. The van der Waals surface area contributed by atoms with Gasteiger partial charge in [0.05, 0.1) is 8.07 Å². The second-order valence-corrected chi connectivity index (χ2v) is 13.7. The summed E-state index contributed by atoms with van der Waals surface area (Å²) in [5.41, 5.74) is 0. The highest BCUT2D eigenvalue weighted by Crippen LogP contribution is 2.50. The first-order chi connectivity index (χ1) is 9.50. The zero-order valence-electron chi connectivity index (χ0n) is 12.6. The molecule has 0 saturated heterocycles. The van der Waals surface area contributed by atoms with E-state index in [1.807, 2.05) is 0 Å². The highest BCUT2D eigenvalue weighted by atomic mass is 31.1. The normalized spacial score (nSPS) is 12.9. The van der Waals surface area contributed by atoms with Gasteiger partial charge in [-0.05, 0) is 28.1 Å². The van der Waals surface area contributed by atoms with Crippen molar-refractivity contribution in [3.05, 3.63) is 59.9 Å². The Morgan fingerprint density at radius 3 is 2.05 bits per heavy atom. The monoisotopic (exact) mass is 296 g/mol. The van der Waals surface area contributed by atoms with Crippen molar-refractivity contribution in [2.45, 2.75) is 26.6 Å². The molecule has 1 unspecified atom stereocenters. The Labute approximate surface area is 123 Å². The summed E-state index contributed by atoms with van der Waals surface area (Å²) in [5.74, 6) is 0. The van der Waals surface area contributed by atoms with Crippen molar-refractivity contribution in [3.63, 3.8) is 0 Å². The summed E-state index contributed by atoms with van der Waals surface area (Å²) in [4.78, 5) is 0. The minimum Gasteiger partial charge on any atom is -0.0824 e. The lowest BCUT2D eigenvalue weighted by atomic mass is 10.2. The molecule has 0 radical (unpaired) electrons. The fourth-order valence-electron chi connectivity index (χ4n) is 3.22. The predicted molar refractivity (Wildman–Crippen MR) is 95.7 cm³/mol. The minimum absolute atomic E-state index is 0.307. The van der Waals surface area contributed by atoms with Crippen LogP contribution in [0, 0.1) is 6.92 Å². The van der Waals surface area contributed by atoms with Crippen molar-refractivity contribution < 1.29 is 0 Å². The Balaban J connectivity index is 2.42. The van der Waals surface area contributed by atoms with Crippen LogP contribution in [0.4, 0.5) is 0 Å². The van der Waals surface area contributed by atoms with Crippen molar-refractivity contribution in [2.75, 3.05) is 0 Å². The Morgan fingerprint density at radius 2 is 1.40 bits per heavy atom. The molecule has 0 aliphatic carbocycles. The summed E-state index contributed by atoms with van der Waals surface area (Å²) >= 11 is 0. The van der Waals surface area contributed by atoms with E-state index in [0.717, 1.165) is 0 Å². The summed E-state index contributed by atoms with van der Waals surface area (Å²) in [6.45, 7) is 9.76. The molecule has 2 aromatic carbocycles. The second-order valence-electron chi connectivity index (χ2n) is 6.40. The van der Waals surface area contributed by atoms with Crippen LogP contribution >= 0.6 is 7.53 Å². The summed E-state index contributed by atoms with van der Waals surface area (Å²) in [6.07, 6.45) is 0. The van der Waals surface area contributed by atoms with E-state index < -0.39 is 8.07 Å². The van der Waals surface area contributed by atoms with Crippen molar-refractivity contribution in [1.82, 2.24) is 0 Å². The molecule has 3 rings (SSSR count). The Hall–Kier alpha value is -1.30. The van der Waals surface area contributed by atoms with Crippen LogP contribution in [0.3, 0.4) is 0 Å². The molecule has 20 heavy (non-hydrogen) atoms.